The summed E-state index contributed by atoms with van der Waals surface area (Å²) in [6, 6.07) is 12.0. The van der Waals surface area contributed by atoms with Gasteiger partial charge < -0.3 is 4.90 Å². The van der Waals surface area contributed by atoms with E-state index in [2.05, 4.69) is 11.1 Å². The summed E-state index contributed by atoms with van der Waals surface area (Å²) >= 11 is 6.02. The normalized spacial score (nSPS) is 10.1. The smallest absolute Gasteiger partial charge is 0.147 e. The van der Waals surface area contributed by atoms with E-state index in [4.69, 9.17) is 11.6 Å². The molecule has 0 saturated carbocycles. The van der Waals surface area contributed by atoms with Crippen LogP contribution in [0.2, 0.25) is 5.15 Å². The first-order chi connectivity index (χ1) is 9.02. The monoisotopic (exact) mass is 271 g/mol. The molecule has 2 aromatic rings. The lowest BCUT2D eigenvalue weighted by Gasteiger charge is -2.13. The number of pyridine rings is 1. The molecule has 1 aromatic carbocycles. The van der Waals surface area contributed by atoms with Gasteiger partial charge in [0.1, 0.15) is 11.2 Å². The van der Waals surface area contributed by atoms with Crippen molar-refractivity contribution < 1.29 is 0 Å². The fourth-order valence-corrected chi connectivity index (χ4v) is 2.19. The maximum Gasteiger partial charge on any atom is 0.147 e. The standard InChI is InChI=1S/C15H14ClN3/c1-10-8-13(14(9-17)15(16)18-10)11-4-6-12(7-5-11)19(2)3/h4-8H,1-3H3. The van der Waals surface area contributed by atoms with Crippen LogP contribution in [0.5, 0.6) is 0 Å². The molecule has 2 rings (SSSR count). The Morgan fingerprint density at radius 1 is 1.21 bits per heavy atom. The topological polar surface area (TPSA) is 39.9 Å². The van der Waals surface area contributed by atoms with Gasteiger partial charge in [0.25, 0.3) is 0 Å². The van der Waals surface area contributed by atoms with Crippen molar-refractivity contribution in [2.45, 2.75) is 6.92 Å². The first-order valence-electron chi connectivity index (χ1n) is 5.88. The molecule has 0 atom stereocenters. The largest absolute Gasteiger partial charge is 0.378 e. The summed E-state index contributed by atoms with van der Waals surface area (Å²) in [4.78, 5) is 6.14. The van der Waals surface area contributed by atoms with Crippen LogP contribution < -0.4 is 4.90 Å². The van der Waals surface area contributed by atoms with Gasteiger partial charge in [0.15, 0.2) is 0 Å². The summed E-state index contributed by atoms with van der Waals surface area (Å²) in [7, 11) is 3.98. The minimum Gasteiger partial charge on any atom is -0.378 e. The first kappa shape index (κ1) is 13.4. The van der Waals surface area contributed by atoms with Crippen LogP contribution in [-0.2, 0) is 0 Å². The quantitative estimate of drug-likeness (QED) is 0.783. The molecule has 0 radical (unpaired) electrons. The fraction of sp³-hybridized carbons (Fsp3) is 0.200. The van der Waals surface area contributed by atoms with Gasteiger partial charge in [0.2, 0.25) is 0 Å². The van der Waals surface area contributed by atoms with Gasteiger partial charge in [0, 0.05) is 31.0 Å². The van der Waals surface area contributed by atoms with Gasteiger partial charge in [-0.15, -0.1) is 0 Å². The fourth-order valence-electron chi connectivity index (χ4n) is 1.91. The summed E-state index contributed by atoms with van der Waals surface area (Å²) in [5.41, 5.74) is 4.12. The van der Waals surface area contributed by atoms with E-state index >= 15 is 0 Å². The van der Waals surface area contributed by atoms with E-state index in [0.29, 0.717) is 5.56 Å². The number of aryl methyl sites for hydroxylation is 1. The highest BCUT2D eigenvalue weighted by molar-refractivity contribution is 6.31. The molecule has 0 aliphatic heterocycles. The molecule has 19 heavy (non-hydrogen) atoms. The van der Waals surface area contributed by atoms with E-state index in [1.165, 1.54) is 0 Å². The van der Waals surface area contributed by atoms with Crippen LogP contribution in [0.3, 0.4) is 0 Å². The van der Waals surface area contributed by atoms with Gasteiger partial charge in [-0.3, -0.25) is 0 Å². The predicted molar refractivity (Wildman–Crippen MR) is 78.5 cm³/mol. The molecular weight excluding hydrogens is 258 g/mol. The van der Waals surface area contributed by atoms with Gasteiger partial charge in [-0.25, -0.2) is 4.98 Å². The highest BCUT2D eigenvalue weighted by Gasteiger charge is 2.11. The van der Waals surface area contributed by atoms with Crippen molar-refractivity contribution in [1.82, 2.24) is 4.98 Å². The van der Waals surface area contributed by atoms with Crippen molar-refractivity contribution in [3.05, 3.63) is 46.7 Å². The highest BCUT2D eigenvalue weighted by Crippen LogP contribution is 2.29. The number of nitriles is 1. The second kappa shape index (κ2) is 5.29. The van der Waals surface area contributed by atoms with Crippen molar-refractivity contribution in [3.8, 4) is 17.2 Å². The lowest BCUT2D eigenvalue weighted by Crippen LogP contribution is -2.07. The highest BCUT2D eigenvalue weighted by atomic mass is 35.5. The zero-order valence-electron chi connectivity index (χ0n) is 11.1. The molecule has 0 saturated heterocycles. The maximum atomic E-state index is 9.21. The third-order valence-electron chi connectivity index (χ3n) is 2.91. The molecule has 0 bridgehead atoms. The van der Waals surface area contributed by atoms with Gasteiger partial charge in [0.05, 0.1) is 5.56 Å². The number of hydrogen-bond donors (Lipinski definition) is 0. The summed E-state index contributed by atoms with van der Waals surface area (Å²) < 4.78 is 0. The number of benzene rings is 1. The van der Waals surface area contributed by atoms with Crippen LogP contribution in [-0.4, -0.2) is 19.1 Å². The number of aromatic nitrogens is 1. The van der Waals surface area contributed by atoms with Gasteiger partial charge in [-0.05, 0) is 30.7 Å². The van der Waals surface area contributed by atoms with E-state index in [-0.39, 0.29) is 5.15 Å². The molecule has 0 amide bonds. The second-order valence-corrected chi connectivity index (χ2v) is 4.89. The Morgan fingerprint density at radius 3 is 2.37 bits per heavy atom. The number of hydrogen-bond acceptors (Lipinski definition) is 3. The Kier molecular flexibility index (Phi) is 3.73. The molecule has 0 spiro atoms. The van der Waals surface area contributed by atoms with Crippen molar-refractivity contribution in [2.75, 3.05) is 19.0 Å². The number of rotatable bonds is 2. The lowest BCUT2D eigenvalue weighted by atomic mass is 10.0. The molecule has 1 aromatic heterocycles. The Labute approximate surface area is 118 Å². The molecule has 96 valence electrons. The van der Waals surface area contributed by atoms with Crippen LogP contribution >= 0.6 is 11.6 Å². The predicted octanol–water partition coefficient (Wildman–Crippen LogP) is 3.65. The van der Waals surface area contributed by atoms with E-state index in [1.54, 1.807) is 0 Å². The van der Waals surface area contributed by atoms with Gasteiger partial charge in [-0.2, -0.15) is 5.26 Å². The summed E-state index contributed by atoms with van der Waals surface area (Å²) in [6.07, 6.45) is 0. The van der Waals surface area contributed by atoms with Crippen LogP contribution in [0.25, 0.3) is 11.1 Å². The minimum atomic E-state index is 0.259. The molecule has 0 aliphatic rings. The average molecular weight is 272 g/mol. The molecular formula is C15H14ClN3. The van der Waals surface area contributed by atoms with E-state index in [1.807, 2.05) is 56.3 Å². The molecule has 0 N–H and O–H groups in total. The van der Waals surface area contributed by atoms with Crippen LogP contribution in [0.4, 0.5) is 5.69 Å². The first-order valence-corrected chi connectivity index (χ1v) is 6.25. The zero-order valence-corrected chi connectivity index (χ0v) is 11.9. The van der Waals surface area contributed by atoms with E-state index in [9.17, 15) is 5.26 Å². The molecule has 0 aliphatic carbocycles. The maximum absolute atomic E-state index is 9.21. The summed E-state index contributed by atoms with van der Waals surface area (Å²) in [6.45, 7) is 1.87. The van der Waals surface area contributed by atoms with E-state index < -0.39 is 0 Å². The third-order valence-corrected chi connectivity index (χ3v) is 3.18. The average Bonchev–Trinajstić information content (AvgIpc) is 2.38. The Morgan fingerprint density at radius 2 is 1.84 bits per heavy atom. The van der Waals surface area contributed by atoms with Crippen molar-refractivity contribution in [3.63, 3.8) is 0 Å². The molecule has 4 heteroatoms. The number of halogens is 1. The second-order valence-electron chi connectivity index (χ2n) is 4.53. The van der Waals surface area contributed by atoms with Crippen LogP contribution in [0, 0.1) is 18.3 Å². The summed E-state index contributed by atoms with van der Waals surface area (Å²) in [5, 5.41) is 9.47. The van der Waals surface area contributed by atoms with Crippen molar-refractivity contribution >= 4 is 17.3 Å². The Balaban J connectivity index is 2.56. The number of nitrogens with zero attached hydrogens (tertiary/aromatic N) is 3. The third kappa shape index (κ3) is 2.69. The van der Waals surface area contributed by atoms with E-state index in [0.717, 1.165) is 22.5 Å². The Hall–Kier alpha value is -2.05. The Bertz CT molecular complexity index is 640. The van der Waals surface area contributed by atoms with Crippen molar-refractivity contribution in [1.29, 1.82) is 5.26 Å². The lowest BCUT2D eigenvalue weighted by molar-refractivity contribution is 1.13. The molecule has 1 heterocycles. The SMILES string of the molecule is Cc1cc(-c2ccc(N(C)C)cc2)c(C#N)c(Cl)n1. The summed E-state index contributed by atoms with van der Waals surface area (Å²) in [5.74, 6) is 0. The molecule has 0 unspecified atom stereocenters. The number of anilines is 1. The van der Waals surface area contributed by atoms with Gasteiger partial charge in [-0.1, -0.05) is 23.7 Å². The van der Waals surface area contributed by atoms with Gasteiger partial charge >= 0.3 is 0 Å². The van der Waals surface area contributed by atoms with Crippen LogP contribution in [0.1, 0.15) is 11.3 Å². The molecule has 3 nitrogen and oxygen atoms in total. The molecule has 0 fully saturated rings. The van der Waals surface area contributed by atoms with Crippen LogP contribution in [0.15, 0.2) is 30.3 Å². The minimum absolute atomic E-state index is 0.259. The zero-order chi connectivity index (χ0) is 14.0. The van der Waals surface area contributed by atoms with Crippen molar-refractivity contribution in [2.24, 2.45) is 0 Å².